The van der Waals surface area contributed by atoms with Crippen LogP contribution in [0.15, 0.2) is 41.7 Å². The van der Waals surface area contributed by atoms with Crippen molar-refractivity contribution in [3.8, 4) is 0 Å². The second-order valence-electron chi connectivity index (χ2n) is 4.63. The number of anilines is 1. The molecule has 96 valence electrons. The molecule has 1 saturated heterocycles. The molecule has 0 bridgehead atoms. The number of aromatic amines is 1. The molecule has 0 aromatic carbocycles. The second kappa shape index (κ2) is 4.35. The maximum absolute atomic E-state index is 11.9. The van der Waals surface area contributed by atoms with Crippen molar-refractivity contribution in [2.45, 2.75) is 6.42 Å². The van der Waals surface area contributed by atoms with Crippen molar-refractivity contribution in [1.82, 2.24) is 9.97 Å². The van der Waals surface area contributed by atoms with Gasteiger partial charge in [-0.2, -0.15) is 0 Å². The van der Waals surface area contributed by atoms with Crippen LogP contribution in [0.5, 0.6) is 0 Å². The van der Waals surface area contributed by atoms with Gasteiger partial charge in [0.05, 0.1) is 0 Å². The zero-order valence-corrected chi connectivity index (χ0v) is 10.3. The molecule has 2 aromatic rings. The van der Waals surface area contributed by atoms with Gasteiger partial charge in [-0.05, 0) is 18.2 Å². The fraction of sp³-hybridized carbons (Fsp3) is 0.214. The summed E-state index contributed by atoms with van der Waals surface area (Å²) in [6.07, 6.45) is 2.26. The van der Waals surface area contributed by atoms with Gasteiger partial charge in [0.2, 0.25) is 11.5 Å². The lowest BCUT2D eigenvalue weighted by molar-refractivity contribution is -0.117. The van der Waals surface area contributed by atoms with Gasteiger partial charge in [-0.3, -0.25) is 14.5 Å². The summed E-state index contributed by atoms with van der Waals surface area (Å²) >= 11 is 0. The van der Waals surface area contributed by atoms with E-state index in [2.05, 4.69) is 16.5 Å². The molecule has 0 radical (unpaired) electrons. The van der Waals surface area contributed by atoms with E-state index in [0.29, 0.717) is 24.4 Å². The Morgan fingerprint density at radius 2 is 2.11 bits per heavy atom. The first kappa shape index (κ1) is 11.6. The van der Waals surface area contributed by atoms with Crippen LogP contribution in [0.4, 0.5) is 5.82 Å². The number of fused-ring (bicyclic) bond motifs is 1. The van der Waals surface area contributed by atoms with Gasteiger partial charge in [-0.25, -0.2) is 4.98 Å². The number of carbonyl (C=O) groups excluding carboxylic acids is 1. The molecular weight excluding hydrogens is 242 g/mol. The molecule has 3 heterocycles. The summed E-state index contributed by atoms with van der Waals surface area (Å²) in [5, 5.41) is 0.843. The predicted molar refractivity (Wildman–Crippen MR) is 73.0 cm³/mol. The van der Waals surface area contributed by atoms with E-state index in [4.69, 9.17) is 0 Å². The van der Waals surface area contributed by atoms with Gasteiger partial charge < -0.3 is 4.98 Å². The molecule has 1 unspecified atom stereocenters. The van der Waals surface area contributed by atoms with Crippen molar-refractivity contribution in [2.75, 3.05) is 11.4 Å². The number of H-pyrrole nitrogens is 1. The van der Waals surface area contributed by atoms with Gasteiger partial charge in [-0.1, -0.05) is 6.08 Å². The van der Waals surface area contributed by atoms with Crippen molar-refractivity contribution >= 4 is 22.8 Å². The highest BCUT2D eigenvalue weighted by Gasteiger charge is 2.29. The summed E-state index contributed by atoms with van der Waals surface area (Å²) in [4.78, 5) is 31.9. The summed E-state index contributed by atoms with van der Waals surface area (Å²) in [5.41, 5.74) is 0.300. The highest BCUT2D eigenvalue weighted by Crippen LogP contribution is 2.25. The van der Waals surface area contributed by atoms with E-state index < -0.39 is 0 Å². The fourth-order valence-electron chi connectivity index (χ4n) is 2.28. The van der Waals surface area contributed by atoms with E-state index in [1.165, 1.54) is 6.07 Å². The van der Waals surface area contributed by atoms with Crippen LogP contribution in [-0.2, 0) is 4.79 Å². The number of amides is 1. The third-order valence-electron chi connectivity index (χ3n) is 3.33. The number of nitrogens with one attached hydrogen (secondary N) is 1. The maximum atomic E-state index is 11.9. The molecule has 3 rings (SSSR count). The third kappa shape index (κ3) is 2.03. The van der Waals surface area contributed by atoms with Crippen LogP contribution in [0.1, 0.15) is 6.42 Å². The molecule has 1 fully saturated rings. The second-order valence-corrected chi connectivity index (χ2v) is 4.63. The number of hydrogen-bond donors (Lipinski definition) is 1. The van der Waals surface area contributed by atoms with Gasteiger partial charge in [0.25, 0.3) is 0 Å². The van der Waals surface area contributed by atoms with Crippen LogP contribution in [0.3, 0.4) is 0 Å². The zero-order chi connectivity index (χ0) is 13.4. The van der Waals surface area contributed by atoms with Crippen LogP contribution >= 0.6 is 0 Å². The number of carbonyl (C=O) groups is 1. The van der Waals surface area contributed by atoms with Gasteiger partial charge in [0.15, 0.2) is 0 Å². The summed E-state index contributed by atoms with van der Waals surface area (Å²) in [7, 11) is 0. The lowest BCUT2D eigenvalue weighted by Crippen LogP contribution is -2.25. The smallest absolute Gasteiger partial charge is 0.249 e. The van der Waals surface area contributed by atoms with Crippen LogP contribution < -0.4 is 10.5 Å². The average molecular weight is 255 g/mol. The minimum atomic E-state index is -0.200. The molecule has 2 aromatic heterocycles. The Morgan fingerprint density at radius 1 is 1.32 bits per heavy atom. The summed E-state index contributed by atoms with van der Waals surface area (Å²) in [6.45, 7) is 4.32. The molecule has 1 amide bonds. The Morgan fingerprint density at radius 3 is 2.84 bits per heavy atom. The quantitative estimate of drug-likeness (QED) is 0.826. The van der Waals surface area contributed by atoms with E-state index in [1.807, 2.05) is 6.07 Å². The van der Waals surface area contributed by atoms with Crippen LogP contribution in [0, 0.1) is 5.92 Å². The maximum Gasteiger partial charge on any atom is 0.249 e. The van der Waals surface area contributed by atoms with Crippen molar-refractivity contribution in [3.05, 3.63) is 47.3 Å². The van der Waals surface area contributed by atoms with Crippen LogP contribution in [-0.4, -0.2) is 22.4 Å². The summed E-state index contributed by atoms with van der Waals surface area (Å²) in [6, 6.07) is 6.81. The predicted octanol–water partition coefficient (Wildman–Crippen LogP) is 1.46. The minimum Gasteiger partial charge on any atom is -0.307 e. The Labute approximate surface area is 109 Å². The fourth-order valence-corrected chi connectivity index (χ4v) is 2.28. The Balaban J connectivity index is 2.03. The lowest BCUT2D eigenvalue weighted by Gasteiger charge is -2.15. The molecule has 5 nitrogen and oxygen atoms in total. The first-order valence-corrected chi connectivity index (χ1v) is 6.10. The van der Waals surface area contributed by atoms with Crippen molar-refractivity contribution in [3.63, 3.8) is 0 Å². The van der Waals surface area contributed by atoms with Crippen LogP contribution in [0.2, 0.25) is 0 Å². The van der Waals surface area contributed by atoms with Crippen molar-refractivity contribution < 1.29 is 4.79 Å². The largest absolute Gasteiger partial charge is 0.307 e. The number of pyridine rings is 2. The SMILES string of the molecule is C=CC1CC(=O)N(c2ccc3ccc(=O)[nH]c3n2)C1. The number of rotatable bonds is 2. The highest BCUT2D eigenvalue weighted by molar-refractivity contribution is 5.96. The molecule has 1 aliphatic rings. The molecule has 5 heteroatoms. The molecule has 0 saturated carbocycles. The Hall–Kier alpha value is -2.43. The van der Waals surface area contributed by atoms with Crippen molar-refractivity contribution in [2.24, 2.45) is 5.92 Å². The summed E-state index contributed by atoms with van der Waals surface area (Å²) in [5.74, 6) is 0.776. The average Bonchev–Trinajstić information content (AvgIpc) is 2.79. The highest BCUT2D eigenvalue weighted by atomic mass is 16.2. The van der Waals surface area contributed by atoms with E-state index >= 15 is 0 Å². The van der Waals surface area contributed by atoms with Crippen molar-refractivity contribution in [1.29, 1.82) is 0 Å². The number of nitrogens with zero attached hydrogens (tertiary/aromatic N) is 2. The van der Waals surface area contributed by atoms with E-state index in [0.717, 1.165) is 5.39 Å². The summed E-state index contributed by atoms with van der Waals surface area (Å²) < 4.78 is 0. The Bertz CT molecular complexity index is 720. The number of hydrogen-bond acceptors (Lipinski definition) is 3. The Kier molecular flexibility index (Phi) is 2.67. The molecule has 0 aliphatic carbocycles. The van der Waals surface area contributed by atoms with Gasteiger partial charge in [-0.15, -0.1) is 6.58 Å². The normalized spacial score (nSPS) is 19.1. The molecule has 19 heavy (non-hydrogen) atoms. The van der Waals surface area contributed by atoms with E-state index in [-0.39, 0.29) is 17.4 Å². The topological polar surface area (TPSA) is 66.1 Å². The third-order valence-corrected chi connectivity index (χ3v) is 3.33. The van der Waals surface area contributed by atoms with Gasteiger partial charge in [0, 0.05) is 30.3 Å². The first-order valence-electron chi connectivity index (χ1n) is 6.10. The first-order chi connectivity index (χ1) is 9.17. The van der Waals surface area contributed by atoms with Gasteiger partial charge in [0.1, 0.15) is 11.5 Å². The lowest BCUT2D eigenvalue weighted by atomic mass is 10.1. The molecule has 1 aliphatic heterocycles. The molecular formula is C14H13N3O2. The monoisotopic (exact) mass is 255 g/mol. The van der Waals surface area contributed by atoms with Gasteiger partial charge >= 0.3 is 0 Å². The zero-order valence-electron chi connectivity index (χ0n) is 10.3. The standard InChI is InChI=1S/C14H13N3O2/c1-2-9-7-13(19)17(8-9)11-5-3-10-4-6-12(18)16-14(10)15-11/h2-6,9H,1,7-8H2,(H,15,16,18). The molecule has 0 spiro atoms. The van der Waals surface area contributed by atoms with Crippen LogP contribution in [0.25, 0.3) is 11.0 Å². The minimum absolute atomic E-state index is 0.0371. The van der Waals surface area contributed by atoms with E-state index in [9.17, 15) is 9.59 Å². The van der Waals surface area contributed by atoms with E-state index in [1.54, 1.807) is 23.1 Å². The molecule has 1 N–H and O–H groups in total. The molecule has 1 atom stereocenters. The number of aromatic nitrogens is 2.